The quantitative estimate of drug-likeness (QED) is 0.551. The first kappa shape index (κ1) is 16.1. The van der Waals surface area contributed by atoms with Gasteiger partial charge in [0.1, 0.15) is 23.9 Å². The number of hydrogen-bond acceptors (Lipinski definition) is 5. The number of methoxy groups -OCH3 is 1. The van der Waals surface area contributed by atoms with Gasteiger partial charge in [0.25, 0.3) is 5.56 Å². The normalized spacial score (nSPS) is 15.7. The Bertz CT molecular complexity index is 1240. The predicted octanol–water partition coefficient (Wildman–Crippen LogP) is 2.00. The molecule has 0 N–H and O–H groups in total. The average Bonchev–Trinajstić information content (AvgIpc) is 3.21. The monoisotopic (exact) mass is 368 g/mol. The number of ether oxygens (including phenoxy) is 1. The Kier molecular flexibility index (Phi) is 3.41. The fraction of sp³-hybridized carbons (Fsp3) is 0.333. The van der Waals surface area contributed by atoms with Gasteiger partial charge in [-0.25, -0.2) is 9.37 Å². The molecule has 0 unspecified atom stereocenters. The minimum Gasteiger partial charge on any atom is -0.375 e. The van der Waals surface area contributed by atoms with Crippen molar-refractivity contribution in [3.05, 3.63) is 52.6 Å². The molecule has 0 saturated heterocycles. The zero-order valence-corrected chi connectivity index (χ0v) is 14.8. The van der Waals surface area contributed by atoms with Crippen molar-refractivity contribution in [1.29, 1.82) is 0 Å². The minimum absolute atomic E-state index is 0.0831. The molecule has 138 valence electrons. The van der Waals surface area contributed by atoms with Crippen LogP contribution >= 0.6 is 0 Å². The molecule has 0 spiro atoms. The lowest BCUT2D eigenvalue weighted by Crippen LogP contribution is -2.20. The first-order chi connectivity index (χ1) is 13.1. The molecule has 3 heterocycles. The Labute approximate surface area is 152 Å². The van der Waals surface area contributed by atoms with E-state index in [1.54, 1.807) is 41.8 Å². The van der Waals surface area contributed by atoms with Gasteiger partial charge in [0.05, 0.1) is 17.1 Å². The van der Waals surface area contributed by atoms with Gasteiger partial charge in [-0.15, -0.1) is 5.10 Å². The second kappa shape index (κ2) is 5.71. The van der Waals surface area contributed by atoms with Gasteiger partial charge in [-0.1, -0.05) is 5.21 Å². The Morgan fingerprint density at radius 2 is 2.15 bits per heavy atom. The number of fused-ring (bicyclic) bond motifs is 3. The van der Waals surface area contributed by atoms with Crippen molar-refractivity contribution in [2.75, 3.05) is 7.11 Å². The molecule has 1 aliphatic carbocycles. The minimum atomic E-state index is -0.453. The van der Waals surface area contributed by atoms with Crippen LogP contribution < -0.4 is 5.56 Å². The van der Waals surface area contributed by atoms with Crippen LogP contribution in [0.4, 0.5) is 4.39 Å². The Morgan fingerprint density at radius 3 is 2.89 bits per heavy atom. The molecule has 0 aliphatic heterocycles. The molecule has 1 atom stereocenters. The van der Waals surface area contributed by atoms with E-state index in [-0.39, 0.29) is 11.7 Å². The first-order valence-corrected chi connectivity index (χ1v) is 8.69. The third-order valence-electron chi connectivity index (χ3n) is 5.12. The molecule has 27 heavy (non-hydrogen) atoms. The molecule has 0 amide bonds. The van der Waals surface area contributed by atoms with E-state index in [9.17, 15) is 9.18 Å². The molecule has 8 nitrogen and oxygen atoms in total. The Balaban J connectivity index is 1.71. The van der Waals surface area contributed by atoms with Crippen LogP contribution in [0.5, 0.6) is 0 Å². The molecule has 9 heteroatoms. The highest BCUT2D eigenvalue weighted by Gasteiger charge is 2.34. The number of aromatic nitrogens is 6. The van der Waals surface area contributed by atoms with Crippen molar-refractivity contribution in [1.82, 2.24) is 28.9 Å². The van der Waals surface area contributed by atoms with Crippen molar-refractivity contribution in [2.24, 2.45) is 13.0 Å². The third-order valence-corrected chi connectivity index (χ3v) is 5.12. The van der Waals surface area contributed by atoms with Gasteiger partial charge in [-0.05, 0) is 37.0 Å². The van der Waals surface area contributed by atoms with Gasteiger partial charge >= 0.3 is 0 Å². The lowest BCUT2D eigenvalue weighted by atomic mass is 10.2. The SMILES string of the molecule is CO[C@H](c1cn(-c2ncn3c4ccc(F)cc4c(=O)n(C)c23)nn1)C1CC1. The summed E-state index contributed by atoms with van der Waals surface area (Å²) in [7, 11) is 3.30. The van der Waals surface area contributed by atoms with E-state index in [0.29, 0.717) is 28.3 Å². The number of rotatable bonds is 4. The van der Waals surface area contributed by atoms with E-state index in [0.717, 1.165) is 18.5 Å². The van der Waals surface area contributed by atoms with Gasteiger partial charge in [0.15, 0.2) is 11.5 Å². The van der Waals surface area contributed by atoms with E-state index in [1.165, 1.54) is 16.7 Å². The summed E-state index contributed by atoms with van der Waals surface area (Å²) < 4.78 is 23.9. The van der Waals surface area contributed by atoms with E-state index in [4.69, 9.17) is 4.74 Å². The molecular weight excluding hydrogens is 351 g/mol. The molecular formula is C18H17FN6O2. The molecule has 1 aliphatic rings. The largest absolute Gasteiger partial charge is 0.375 e. The van der Waals surface area contributed by atoms with Crippen LogP contribution in [0.15, 0.2) is 35.5 Å². The van der Waals surface area contributed by atoms with E-state index in [2.05, 4.69) is 15.3 Å². The summed E-state index contributed by atoms with van der Waals surface area (Å²) in [6.07, 6.45) is 5.54. The molecule has 1 saturated carbocycles. The number of halogens is 1. The summed E-state index contributed by atoms with van der Waals surface area (Å²) in [5, 5.41) is 8.72. The summed E-state index contributed by atoms with van der Waals surface area (Å²) >= 11 is 0. The number of aryl methyl sites for hydroxylation is 1. The van der Waals surface area contributed by atoms with Crippen molar-refractivity contribution in [3.8, 4) is 5.82 Å². The molecule has 0 bridgehead atoms. The van der Waals surface area contributed by atoms with Gasteiger partial charge in [0, 0.05) is 14.2 Å². The maximum Gasteiger partial charge on any atom is 0.261 e. The lowest BCUT2D eigenvalue weighted by molar-refractivity contribution is 0.0810. The van der Waals surface area contributed by atoms with Gasteiger partial charge < -0.3 is 4.74 Å². The van der Waals surface area contributed by atoms with Crippen LogP contribution in [-0.4, -0.2) is 36.1 Å². The zero-order chi connectivity index (χ0) is 18.7. The summed E-state index contributed by atoms with van der Waals surface area (Å²) in [5.41, 5.74) is 1.58. The molecule has 0 radical (unpaired) electrons. The lowest BCUT2D eigenvalue weighted by Gasteiger charge is -2.10. The summed E-state index contributed by atoms with van der Waals surface area (Å²) in [6, 6.07) is 4.14. The first-order valence-electron chi connectivity index (χ1n) is 8.69. The van der Waals surface area contributed by atoms with E-state index in [1.807, 2.05) is 0 Å². The topological polar surface area (TPSA) is 79.2 Å². The number of imidazole rings is 1. The van der Waals surface area contributed by atoms with Crippen molar-refractivity contribution in [3.63, 3.8) is 0 Å². The van der Waals surface area contributed by atoms with Crippen molar-refractivity contribution >= 4 is 16.6 Å². The summed E-state index contributed by atoms with van der Waals surface area (Å²) in [5.74, 6) is 0.498. The smallest absolute Gasteiger partial charge is 0.261 e. The number of benzene rings is 1. The second-order valence-electron chi connectivity index (χ2n) is 6.87. The standard InChI is InChI=1S/C18H17FN6O2/c1-23-17-16(25-8-13(21-22-25)15(27-2)10-3-4-10)20-9-24(17)14-6-5-11(19)7-12(14)18(23)26/h5-10,15H,3-4H2,1-2H3/t15-/m0/s1. The van der Waals surface area contributed by atoms with Gasteiger partial charge in [-0.2, -0.15) is 4.68 Å². The van der Waals surface area contributed by atoms with Crippen LogP contribution in [-0.2, 0) is 11.8 Å². The molecule has 1 fully saturated rings. The Hall–Kier alpha value is -3.07. The van der Waals surface area contributed by atoms with Crippen LogP contribution in [0, 0.1) is 11.7 Å². The zero-order valence-electron chi connectivity index (χ0n) is 14.8. The highest BCUT2D eigenvalue weighted by molar-refractivity contribution is 5.82. The van der Waals surface area contributed by atoms with Crippen molar-refractivity contribution in [2.45, 2.75) is 18.9 Å². The molecule has 5 rings (SSSR count). The van der Waals surface area contributed by atoms with Crippen LogP contribution in [0.25, 0.3) is 22.4 Å². The van der Waals surface area contributed by atoms with E-state index < -0.39 is 5.82 Å². The summed E-state index contributed by atoms with van der Waals surface area (Å²) in [6.45, 7) is 0. The van der Waals surface area contributed by atoms with Gasteiger partial charge in [0.2, 0.25) is 0 Å². The van der Waals surface area contributed by atoms with Crippen LogP contribution in [0.2, 0.25) is 0 Å². The number of nitrogens with zero attached hydrogens (tertiary/aromatic N) is 6. The van der Waals surface area contributed by atoms with Crippen LogP contribution in [0.1, 0.15) is 24.6 Å². The molecule has 4 aromatic rings. The second-order valence-corrected chi connectivity index (χ2v) is 6.87. The summed E-state index contributed by atoms with van der Waals surface area (Å²) in [4.78, 5) is 17.2. The molecule has 1 aromatic carbocycles. The molecule has 3 aromatic heterocycles. The fourth-order valence-corrected chi connectivity index (χ4v) is 3.61. The maximum atomic E-state index is 13.6. The highest BCUT2D eigenvalue weighted by atomic mass is 19.1. The van der Waals surface area contributed by atoms with Gasteiger partial charge in [-0.3, -0.25) is 13.8 Å². The maximum absolute atomic E-state index is 13.6. The third kappa shape index (κ3) is 2.38. The van der Waals surface area contributed by atoms with E-state index >= 15 is 0 Å². The predicted molar refractivity (Wildman–Crippen MR) is 95.3 cm³/mol. The van der Waals surface area contributed by atoms with Crippen molar-refractivity contribution < 1.29 is 9.13 Å². The van der Waals surface area contributed by atoms with Crippen LogP contribution in [0.3, 0.4) is 0 Å². The highest BCUT2D eigenvalue weighted by Crippen LogP contribution is 2.42. The Morgan fingerprint density at radius 1 is 1.33 bits per heavy atom. The average molecular weight is 368 g/mol. The number of hydrogen-bond donors (Lipinski definition) is 0. The fourth-order valence-electron chi connectivity index (χ4n) is 3.61.